The molecule has 2 rings (SSSR count). The fourth-order valence-electron chi connectivity index (χ4n) is 2.08. The maximum atomic E-state index is 6.09. The van der Waals surface area contributed by atoms with Crippen LogP contribution < -0.4 is 10.1 Å². The molecule has 2 aromatic rings. The zero-order chi connectivity index (χ0) is 14.7. The molecule has 0 aliphatic carbocycles. The number of rotatable bonds is 4. The van der Waals surface area contributed by atoms with E-state index in [-0.39, 0.29) is 6.04 Å². The van der Waals surface area contributed by atoms with Crippen LogP contribution >= 0.6 is 39.1 Å². The Hall–Kier alpha value is -0.740. The molecule has 0 saturated carbocycles. The number of nitrogens with one attached hydrogen (secondary N) is 1. The van der Waals surface area contributed by atoms with Crippen molar-refractivity contribution in [3.05, 3.63) is 62.0 Å². The van der Waals surface area contributed by atoms with E-state index in [1.165, 1.54) is 0 Å². The second kappa shape index (κ2) is 6.81. The molecular weight excluding hydrogens is 361 g/mol. The van der Waals surface area contributed by atoms with Gasteiger partial charge in [0.2, 0.25) is 0 Å². The van der Waals surface area contributed by atoms with Gasteiger partial charge < -0.3 is 10.1 Å². The highest BCUT2D eigenvalue weighted by Gasteiger charge is 2.14. The quantitative estimate of drug-likeness (QED) is 0.806. The molecule has 0 heterocycles. The van der Waals surface area contributed by atoms with E-state index in [0.29, 0.717) is 10.0 Å². The monoisotopic (exact) mass is 373 g/mol. The molecule has 0 bridgehead atoms. The minimum atomic E-state index is 0.0342. The van der Waals surface area contributed by atoms with E-state index in [1.807, 2.05) is 43.4 Å². The average molecular weight is 375 g/mol. The topological polar surface area (TPSA) is 21.3 Å². The Morgan fingerprint density at radius 3 is 2.25 bits per heavy atom. The van der Waals surface area contributed by atoms with Crippen LogP contribution in [0.15, 0.2) is 40.9 Å². The van der Waals surface area contributed by atoms with Crippen LogP contribution in [0.4, 0.5) is 0 Å². The fraction of sp³-hybridized carbons (Fsp3) is 0.200. The van der Waals surface area contributed by atoms with Crippen molar-refractivity contribution in [2.75, 3.05) is 14.2 Å². The van der Waals surface area contributed by atoms with Gasteiger partial charge in [0.15, 0.2) is 0 Å². The number of ether oxygens (including phenoxy) is 1. The Labute approximate surface area is 137 Å². The van der Waals surface area contributed by atoms with E-state index in [4.69, 9.17) is 27.9 Å². The van der Waals surface area contributed by atoms with Gasteiger partial charge in [0, 0.05) is 0 Å². The third-order valence-electron chi connectivity index (χ3n) is 3.07. The van der Waals surface area contributed by atoms with Crippen LogP contribution in [-0.2, 0) is 0 Å². The van der Waals surface area contributed by atoms with Crippen molar-refractivity contribution >= 4 is 39.1 Å². The van der Waals surface area contributed by atoms with Crippen molar-refractivity contribution in [2.45, 2.75) is 6.04 Å². The lowest BCUT2D eigenvalue weighted by atomic mass is 9.99. The minimum absolute atomic E-state index is 0.0342. The molecule has 0 amide bonds. The van der Waals surface area contributed by atoms with Gasteiger partial charge in [-0.25, -0.2) is 0 Å². The molecule has 0 radical (unpaired) electrons. The normalized spacial score (nSPS) is 12.2. The van der Waals surface area contributed by atoms with Crippen LogP contribution in [0.2, 0.25) is 10.0 Å². The van der Waals surface area contributed by atoms with Crippen LogP contribution in [0.5, 0.6) is 5.75 Å². The van der Waals surface area contributed by atoms with Crippen molar-refractivity contribution in [3.8, 4) is 5.75 Å². The Bertz CT molecular complexity index is 619. The first kappa shape index (κ1) is 15.6. The molecule has 0 aliphatic heterocycles. The van der Waals surface area contributed by atoms with E-state index in [9.17, 15) is 0 Å². The van der Waals surface area contributed by atoms with Crippen molar-refractivity contribution < 1.29 is 4.74 Å². The van der Waals surface area contributed by atoms with Crippen LogP contribution in [0.25, 0.3) is 0 Å². The first-order valence-electron chi connectivity index (χ1n) is 6.02. The number of halogens is 3. The summed E-state index contributed by atoms with van der Waals surface area (Å²) < 4.78 is 6.16. The summed E-state index contributed by atoms with van der Waals surface area (Å²) >= 11 is 15.6. The molecule has 0 fully saturated rings. The van der Waals surface area contributed by atoms with E-state index in [1.54, 1.807) is 7.11 Å². The first-order chi connectivity index (χ1) is 9.56. The Morgan fingerprint density at radius 2 is 1.70 bits per heavy atom. The van der Waals surface area contributed by atoms with E-state index >= 15 is 0 Å². The molecule has 106 valence electrons. The molecule has 1 unspecified atom stereocenters. The molecule has 20 heavy (non-hydrogen) atoms. The Morgan fingerprint density at radius 1 is 1.05 bits per heavy atom. The van der Waals surface area contributed by atoms with Gasteiger partial charge in [-0.3, -0.25) is 0 Å². The summed E-state index contributed by atoms with van der Waals surface area (Å²) in [6, 6.07) is 11.7. The van der Waals surface area contributed by atoms with Gasteiger partial charge in [0.05, 0.1) is 27.7 Å². The third-order valence-corrected chi connectivity index (χ3v) is 4.43. The van der Waals surface area contributed by atoms with Gasteiger partial charge in [0.25, 0.3) is 0 Å². The smallest absolute Gasteiger partial charge is 0.133 e. The summed E-state index contributed by atoms with van der Waals surface area (Å²) in [5.41, 5.74) is 2.16. The second-order valence-electron chi connectivity index (χ2n) is 4.29. The third kappa shape index (κ3) is 3.29. The van der Waals surface area contributed by atoms with Gasteiger partial charge >= 0.3 is 0 Å². The lowest BCUT2D eigenvalue weighted by Gasteiger charge is -2.19. The van der Waals surface area contributed by atoms with E-state index < -0.39 is 0 Å². The molecule has 0 saturated heterocycles. The molecule has 0 aliphatic rings. The highest BCUT2D eigenvalue weighted by Crippen LogP contribution is 2.32. The Balaban J connectivity index is 2.41. The van der Waals surface area contributed by atoms with Crippen LogP contribution in [0.3, 0.4) is 0 Å². The molecule has 2 aromatic carbocycles. The van der Waals surface area contributed by atoms with Gasteiger partial charge in [-0.2, -0.15) is 0 Å². The summed E-state index contributed by atoms with van der Waals surface area (Å²) in [5.74, 6) is 0.803. The SMILES string of the molecule is CNC(c1ccc(Cl)c(Cl)c1)c1ccc(OC)c(Br)c1. The van der Waals surface area contributed by atoms with Crippen molar-refractivity contribution in [1.82, 2.24) is 5.32 Å². The Kier molecular flexibility index (Phi) is 5.33. The number of hydrogen-bond donors (Lipinski definition) is 1. The molecule has 0 aromatic heterocycles. The summed E-state index contributed by atoms with van der Waals surface area (Å²) in [5, 5.41) is 4.39. The zero-order valence-corrected chi connectivity index (χ0v) is 14.2. The molecule has 1 atom stereocenters. The van der Waals surface area contributed by atoms with E-state index in [0.717, 1.165) is 21.3 Å². The largest absolute Gasteiger partial charge is 0.496 e. The van der Waals surface area contributed by atoms with Gasteiger partial charge in [0.1, 0.15) is 5.75 Å². The first-order valence-corrected chi connectivity index (χ1v) is 7.57. The molecule has 5 heteroatoms. The summed E-state index contributed by atoms with van der Waals surface area (Å²) in [6.45, 7) is 0. The van der Waals surface area contributed by atoms with Gasteiger partial charge in [-0.05, 0) is 58.4 Å². The predicted molar refractivity (Wildman–Crippen MR) is 88.1 cm³/mol. The molecule has 0 spiro atoms. The minimum Gasteiger partial charge on any atom is -0.496 e. The maximum Gasteiger partial charge on any atom is 0.133 e. The predicted octanol–water partition coefficient (Wildman–Crippen LogP) is 5.07. The highest BCUT2D eigenvalue weighted by atomic mass is 79.9. The molecule has 2 nitrogen and oxygen atoms in total. The number of benzene rings is 2. The van der Waals surface area contributed by atoms with Crippen molar-refractivity contribution in [3.63, 3.8) is 0 Å². The lowest BCUT2D eigenvalue weighted by Crippen LogP contribution is -2.17. The van der Waals surface area contributed by atoms with Crippen LogP contribution in [0, 0.1) is 0 Å². The van der Waals surface area contributed by atoms with E-state index in [2.05, 4.69) is 21.2 Å². The summed E-state index contributed by atoms with van der Waals surface area (Å²) in [7, 11) is 3.56. The standard InChI is InChI=1S/C15H14BrCl2NO/c1-19-15(10-3-5-12(17)13(18)8-10)9-4-6-14(20-2)11(16)7-9/h3-8,15,19H,1-2H3. The zero-order valence-electron chi connectivity index (χ0n) is 11.1. The number of hydrogen-bond acceptors (Lipinski definition) is 2. The van der Waals surface area contributed by atoms with Crippen LogP contribution in [-0.4, -0.2) is 14.2 Å². The molecule has 1 N–H and O–H groups in total. The highest BCUT2D eigenvalue weighted by molar-refractivity contribution is 9.10. The van der Waals surface area contributed by atoms with Crippen LogP contribution in [0.1, 0.15) is 17.2 Å². The van der Waals surface area contributed by atoms with Gasteiger partial charge in [-0.1, -0.05) is 35.3 Å². The maximum absolute atomic E-state index is 6.09. The van der Waals surface area contributed by atoms with Gasteiger partial charge in [-0.15, -0.1) is 0 Å². The molecular formula is C15H14BrCl2NO. The number of methoxy groups -OCH3 is 1. The summed E-state index contributed by atoms with van der Waals surface area (Å²) in [4.78, 5) is 0. The lowest BCUT2D eigenvalue weighted by molar-refractivity contribution is 0.412. The second-order valence-corrected chi connectivity index (χ2v) is 5.96. The fourth-order valence-corrected chi connectivity index (χ4v) is 2.94. The summed E-state index contributed by atoms with van der Waals surface area (Å²) in [6.07, 6.45) is 0. The average Bonchev–Trinajstić information content (AvgIpc) is 2.44. The van der Waals surface area contributed by atoms with Crippen molar-refractivity contribution in [1.29, 1.82) is 0 Å². The van der Waals surface area contributed by atoms with Crippen molar-refractivity contribution in [2.24, 2.45) is 0 Å².